The highest BCUT2D eigenvalue weighted by molar-refractivity contribution is 7.92. The summed E-state index contributed by atoms with van der Waals surface area (Å²) in [7, 11) is -4.12. The van der Waals surface area contributed by atoms with Crippen molar-refractivity contribution in [2.45, 2.75) is 69.1 Å². The van der Waals surface area contributed by atoms with E-state index in [4.69, 9.17) is 11.6 Å². The van der Waals surface area contributed by atoms with Gasteiger partial charge in [-0.1, -0.05) is 11.6 Å². The predicted octanol–water partition coefficient (Wildman–Crippen LogP) is 4.43. The van der Waals surface area contributed by atoms with Crippen LogP contribution < -0.4 is 10.0 Å². The molecule has 2 amide bonds. The standard InChI is InChI=1S/C21H25ClN2O4S2/c1-11-12-6-4-8-14(12)18(15-9-5-7-13(11)15)23-20(25)24-30(27,28)17-10-16(19(22)29-17)21(2,3)26/h10,26H,4-9H2,1-3H3,(H2,23,24,25). The lowest BCUT2D eigenvalue weighted by molar-refractivity contribution is 0.0790. The third-order valence-electron chi connectivity index (χ3n) is 6.00. The third-order valence-corrected chi connectivity index (χ3v) is 9.16. The van der Waals surface area contributed by atoms with Crippen molar-refractivity contribution in [2.24, 2.45) is 0 Å². The average Bonchev–Trinajstić information content (AvgIpc) is 3.36. The molecule has 9 heteroatoms. The van der Waals surface area contributed by atoms with Crippen LogP contribution in [0.5, 0.6) is 0 Å². The number of hydrogen-bond acceptors (Lipinski definition) is 5. The molecule has 0 saturated heterocycles. The second-order valence-corrected chi connectivity index (χ2v) is 12.1. The van der Waals surface area contributed by atoms with E-state index in [1.807, 2.05) is 0 Å². The number of hydrogen-bond donors (Lipinski definition) is 3. The van der Waals surface area contributed by atoms with Crippen molar-refractivity contribution in [3.05, 3.63) is 43.8 Å². The van der Waals surface area contributed by atoms with Gasteiger partial charge < -0.3 is 10.4 Å². The molecule has 0 fully saturated rings. The Bertz CT molecular complexity index is 1110. The summed E-state index contributed by atoms with van der Waals surface area (Å²) in [5, 5.41) is 13.0. The highest BCUT2D eigenvalue weighted by Gasteiger charge is 2.30. The van der Waals surface area contributed by atoms with E-state index in [0.29, 0.717) is 5.56 Å². The first kappa shape index (κ1) is 21.6. The summed E-state index contributed by atoms with van der Waals surface area (Å²) in [6, 6.07) is 0.528. The molecule has 1 aromatic heterocycles. The lowest BCUT2D eigenvalue weighted by Gasteiger charge is -2.19. The topological polar surface area (TPSA) is 95.5 Å². The fourth-order valence-corrected chi connectivity index (χ4v) is 7.52. The molecule has 0 spiro atoms. The van der Waals surface area contributed by atoms with Gasteiger partial charge in [0.05, 0.1) is 5.60 Å². The van der Waals surface area contributed by atoms with Gasteiger partial charge in [-0.3, -0.25) is 0 Å². The van der Waals surface area contributed by atoms with Gasteiger partial charge in [-0.2, -0.15) is 0 Å². The molecule has 6 nitrogen and oxygen atoms in total. The molecule has 30 heavy (non-hydrogen) atoms. The lowest BCUT2D eigenvalue weighted by Crippen LogP contribution is -2.34. The Kier molecular flexibility index (Phi) is 5.41. The summed E-state index contributed by atoms with van der Waals surface area (Å²) in [6.45, 7) is 5.20. The maximum Gasteiger partial charge on any atom is 0.333 e. The van der Waals surface area contributed by atoms with Crippen LogP contribution in [0.1, 0.15) is 60.1 Å². The molecule has 2 aromatic rings. The minimum atomic E-state index is -4.12. The normalized spacial score (nSPS) is 15.8. The fourth-order valence-electron chi connectivity index (χ4n) is 4.59. The number of halogens is 1. The Hall–Kier alpha value is -1.61. The summed E-state index contributed by atoms with van der Waals surface area (Å²) >= 11 is 6.92. The molecule has 0 aliphatic heterocycles. The van der Waals surface area contributed by atoms with E-state index >= 15 is 0 Å². The molecule has 1 aromatic carbocycles. The number of aliphatic hydroxyl groups is 1. The van der Waals surface area contributed by atoms with Gasteiger partial charge in [0.1, 0.15) is 8.55 Å². The number of sulfonamides is 1. The number of benzene rings is 1. The zero-order valence-electron chi connectivity index (χ0n) is 17.2. The molecule has 2 aliphatic rings. The smallest absolute Gasteiger partial charge is 0.333 e. The van der Waals surface area contributed by atoms with Crippen molar-refractivity contribution in [2.75, 3.05) is 5.32 Å². The van der Waals surface area contributed by atoms with Crippen molar-refractivity contribution in [1.82, 2.24) is 4.72 Å². The fraction of sp³-hybridized carbons (Fsp3) is 0.476. The van der Waals surface area contributed by atoms with Crippen LogP contribution in [0.2, 0.25) is 4.34 Å². The number of thiophene rings is 1. The molecule has 0 unspecified atom stereocenters. The molecule has 0 bridgehead atoms. The molecule has 1 heterocycles. The zero-order valence-corrected chi connectivity index (χ0v) is 19.6. The van der Waals surface area contributed by atoms with Crippen LogP contribution in [0, 0.1) is 6.92 Å². The maximum absolute atomic E-state index is 12.7. The number of carbonyl (C=O) groups is 1. The predicted molar refractivity (Wildman–Crippen MR) is 119 cm³/mol. The van der Waals surface area contributed by atoms with Crippen molar-refractivity contribution < 1.29 is 18.3 Å². The Morgan fingerprint density at radius 2 is 1.63 bits per heavy atom. The molecule has 3 N–H and O–H groups in total. The van der Waals surface area contributed by atoms with Crippen LogP contribution in [-0.4, -0.2) is 19.6 Å². The van der Waals surface area contributed by atoms with E-state index in [1.165, 1.54) is 36.6 Å². The van der Waals surface area contributed by atoms with E-state index in [9.17, 15) is 18.3 Å². The average molecular weight is 469 g/mol. The highest BCUT2D eigenvalue weighted by Crippen LogP contribution is 2.41. The minimum absolute atomic E-state index is 0.112. The first-order valence-corrected chi connectivity index (χ1v) is 12.7. The van der Waals surface area contributed by atoms with Crippen molar-refractivity contribution in [3.63, 3.8) is 0 Å². The SMILES string of the molecule is Cc1c2c(c(NC(=O)NS(=O)(=O)c3cc(C(C)(C)O)c(Cl)s3)c3c1CCC3)CCC2. The van der Waals surface area contributed by atoms with Crippen LogP contribution in [0.4, 0.5) is 10.5 Å². The van der Waals surface area contributed by atoms with Crippen LogP contribution in [0.25, 0.3) is 0 Å². The second-order valence-electron chi connectivity index (χ2n) is 8.49. The Labute approximate surface area is 185 Å². The molecule has 162 valence electrons. The molecular formula is C21H25ClN2O4S2. The molecule has 4 rings (SSSR count). The van der Waals surface area contributed by atoms with Gasteiger partial charge in [-0.05, 0) is 93.2 Å². The largest absolute Gasteiger partial charge is 0.386 e. The number of carbonyl (C=O) groups excluding carboxylic acids is 1. The van der Waals surface area contributed by atoms with Gasteiger partial charge in [0.2, 0.25) is 0 Å². The van der Waals surface area contributed by atoms with Gasteiger partial charge in [0, 0.05) is 11.3 Å². The number of urea groups is 1. The van der Waals surface area contributed by atoms with Crippen molar-refractivity contribution in [3.8, 4) is 0 Å². The molecule has 0 atom stereocenters. The van der Waals surface area contributed by atoms with Gasteiger partial charge in [0.15, 0.2) is 0 Å². The number of anilines is 1. The lowest BCUT2D eigenvalue weighted by atomic mass is 9.93. The van der Waals surface area contributed by atoms with Gasteiger partial charge >= 0.3 is 6.03 Å². The molecule has 2 aliphatic carbocycles. The Morgan fingerprint density at radius 1 is 1.10 bits per heavy atom. The summed E-state index contributed by atoms with van der Waals surface area (Å²) in [5.41, 5.74) is 6.03. The molecule has 0 radical (unpaired) electrons. The number of rotatable bonds is 4. The number of fused-ring (bicyclic) bond motifs is 2. The quantitative estimate of drug-likeness (QED) is 0.618. The van der Waals surface area contributed by atoms with E-state index in [0.717, 1.165) is 66.7 Å². The van der Waals surface area contributed by atoms with Crippen molar-refractivity contribution >= 4 is 44.7 Å². The van der Waals surface area contributed by atoms with Crippen LogP contribution >= 0.6 is 22.9 Å². The van der Waals surface area contributed by atoms with Crippen molar-refractivity contribution in [1.29, 1.82) is 0 Å². The van der Waals surface area contributed by atoms with Crippen LogP contribution in [0.3, 0.4) is 0 Å². The monoisotopic (exact) mass is 468 g/mol. The van der Waals surface area contributed by atoms with E-state index in [2.05, 4.69) is 17.0 Å². The maximum atomic E-state index is 12.7. The highest BCUT2D eigenvalue weighted by atomic mass is 35.5. The van der Waals surface area contributed by atoms with Gasteiger partial charge in [-0.25, -0.2) is 17.9 Å². The van der Waals surface area contributed by atoms with E-state index in [-0.39, 0.29) is 8.55 Å². The number of nitrogens with one attached hydrogen (secondary N) is 2. The van der Waals surface area contributed by atoms with Gasteiger partial charge in [0.25, 0.3) is 10.0 Å². The summed E-state index contributed by atoms with van der Waals surface area (Å²) in [6.07, 6.45) is 5.86. The van der Waals surface area contributed by atoms with E-state index in [1.54, 1.807) is 0 Å². The second kappa shape index (κ2) is 7.51. The van der Waals surface area contributed by atoms with E-state index < -0.39 is 21.7 Å². The first-order chi connectivity index (χ1) is 14.0. The Morgan fingerprint density at radius 3 is 2.13 bits per heavy atom. The first-order valence-electron chi connectivity index (χ1n) is 10.0. The molecule has 0 saturated carbocycles. The Balaban J connectivity index is 1.61. The summed E-state index contributed by atoms with van der Waals surface area (Å²) < 4.78 is 27.7. The van der Waals surface area contributed by atoms with Crippen LogP contribution in [0.15, 0.2) is 10.3 Å². The number of amides is 2. The minimum Gasteiger partial charge on any atom is -0.386 e. The summed E-state index contributed by atoms with van der Waals surface area (Å²) in [4.78, 5) is 12.7. The summed E-state index contributed by atoms with van der Waals surface area (Å²) in [5.74, 6) is 0. The van der Waals surface area contributed by atoms with Gasteiger partial charge in [-0.15, -0.1) is 11.3 Å². The third kappa shape index (κ3) is 3.75. The zero-order chi connectivity index (χ0) is 21.8. The molecular weight excluding hydrogens is 444 g/mol. The van der Waals surface area contributed by atoms with Crippen LogP contribution in [-0.2, 0) is 41.3 Å².